The van der Waals surface area contributed by atoms with E-state index in [9.17, 15) is 4.79 Å². The van der Waals surface area contributed by atoms with Crippen LogP contribution in [0, 0.1) is 0 Å². The first-order valence-electron chi connectivity index (χ1n) is 5.70. The number of carbonyl (C=O) groups excluding carboxylic acids is 1. The average Bonchev–Trinajstić information content (AvgIpc) is 2.68. The highest BCUT2D eigenvalue weighted by molar-refractivity contribution is 5.93. The van der Waals surface area contributed by atoms with Crippen LogP contribution in [0.1, 0.15) is 36.0 Å². The van der Waals surface area contributed by atoms with Crippen molar-refractivity contribution in [3.05, 3.63) is 18.0 Å². The minimum atomic E-state index is -0.0337. The lowest BCUT2D eigenvalue weighted by Crippen LogP contribution is -2.40. The van der Waals surface area contributed by atoms with Crippen LogP contribution in [-0.2, 0) is 7.05 Å². The minimum Gasteiger partial charge on any atom is -0.349 e. The van der Waals surface area contributed by atoms with E-state index >= 15 is 0 Å². The molecular formula is C11H19ClN4O. The van der Waals surface area contributed by atoms with Crippen molar-refractivity contribution in [2.75, 3.05) is 0 Å². The summed E-state index contributed by atoms with van der Waals surface area (Å²) in [5, 5.41) is 7.00. The molecule has 0 unspecified atom stereocenters. The predicted octanol–water partition coefficient (Wildman–Crippen LogP) is 0.842. The van der Waals surface area contributed by atoms with E-state index in [1.807, 2.05) is 0 Å². The van der Waals surface area contributed by atoms with E-state index in [1.54, 1.807) is 24.1 Å². The Kier molecular flexibility index (Phi) is 4.96. The van der Waals surface area contributed by atoms with Crippen LogP contribution in [0.3, 0.4) is 0 Å². The number of amides is 1. The molecule has 1 amide bonds. The first-order valence-corrected chi connectivity index (χ1v) is 5.70. The second-order valence-electron chi connectivity index (χ2n) is 4.49. The highest BCUT2D eigenvalue weighted by Crippen LogP contribution is 2.17. The molecule has 1 fully saturated rings. The molecule has 0 atom stereocenters. The van der Waals surface area contributed by atoms with Gasteiger partial charge < -0.3 is 11.1 Å². The molecule has 0 aromatic carbocycles. The van der Waals surface area contributed by atoms with Crippen molar-refractivity contribution in [2.24, 2.45) is 12.8 Å². The number of nitrogens with zero attached hydrogens (tertiary/aromatic N) is 2. The van der Waals surface area contributed by atoms with Crippen LogP contribution < -0.4 is 11.1 Å². The van der Waals surface area contributed by atoms with Crippen LogP contribution in [0.2, 0.25) is 0 Å². The van der Waals surface area contributed by atoms with Crippen molar-refractivity contribution < 1.29 is 4.79 Å². The van der Waals surface area contributed by atoms with Crippen LogP contribution in [0.4, 0.5) is 0 Å². The largest absolute Gasteiger partial charge is 0.349 e. The zero-order valence-electron chi connectivity index (χ0n) is 9.93. The van der Waals surface area contributed by atoms with Gasteiger partial charge >= 0.3 is 0 Å². The molecule has 5 nitrogen and oxygen atoms in total. The van der Waals surface area contributed by atoms with Crippen LogP contribution in [0.15, 0.2) is 12.4 Å². The maximum absolute atomic E-state index is 11.8. The molecule has 6 heteroatoms. The van der Waals surface area contributed by atoms with Gasteiger partial charge in [0.15, 0.2) is 0 Å². The topological polar surface area (TPSA) is 72.9 Å². The van der Waals surface area contributed by atoms with Gasteiger partial charge in [0.1, 0.15) is 0 Å². The summed E-state index contributed by atoms with van der Waals surface area (Å²) >= 11 is 0. The lowest BCUT2D eigenvalue weighted by molar-refractivity contribution is 0.0926. The van der Waals surface area contributed by atoms with Crippen molar-refractivity contribution in [3.63, 3.8) is 0 Å². The lowest BCUT2D eigenvalue weighted by atomic mass is 9.92. The molecule has 17 heavy (non-hydrogen) atoms. The Balaban J connectivity index is 0.00000144. The Bertz CT molecular complexity index is 371. The molecule has 0 spiro atoms. The summed E-state index contributed by atoms with van der Waals surface area (Å²) in [5.74, 6) is -0.0337. The standard InChI is InChI=1S/C11H18N4O.ClH/c1-15-7-8(6-13-15)11(16)14-10-4-2-9(12)3-5-10;/h6-7,9-10H,2-5,12H2,1H3,(H,14,16);1H. The van der Waals surface area contributed by atoms with Gasteiger partial charge in [0.05, 0.1) is 11.8 Å². The van der Waals surface area contributed by atoms with Gasteiger partial charge in [-0.05, 0) is 25.7 Å². The summed E-state index contributed by atoms with van der Waals surface area (Å²) in [7, 11) is 1.80. The number of nitrogens with one attached hydrogen (secondary N) is 1. The van der Waals surface area contributed by atoms with Crippen molar-refractivity contribution >= 4 is 18.3 Å². The minimum absolute atomic E-state index is 0. The summed E-state index contributed by atoms with van der Waals surface area (Å²) in [4.78, 5) is 11.8. The van der Waals surface area contributed by atoms with E-state index in [0.717, 1.165) is 25.7 Å². The Morgan fingerprint density at radius 1 is 1.47 bits per heavy atom. The number of halogens is 1. The molecule has 1 aromatic rings. The van der Waals surface area contributed by atoms with Gasteiger partial charge in [-0.2, -0.15) is 5.10 Å². The Morgan fingerprint density at radius 2 is 2.12 bits per heavy atom. The molecule has 0 radical (unpaired) electrons. The second-order valence-corrected chi connectivity index (χ2v) is 4.49. The normalized spacial score (nSPS) is 23.9. The Morgan fingerprint density at radius 3 is 2.65 bits per heavy atom. The van der Waals surface area contributed by atoms with Crippen molar-refractivity contribution in [1.82, 2.24) is 15.1 Å². The number of rotatable bonds is 2. The predicted molar refractivity (Wildman–Crippen MR) is 68.2 cm³/mol. The summed E-state index contributed by atoms with van der Waals surface area (Å²) in [6.45, 7) is 0. The number of aromatic nitrogens is 2. The van der Waals surface area contributed by atoms with Gasteiger partial charge in [0.25, 0.3) is 5.91 Å². The zero-order valence-corrected chi connectivity index (χ0v) is 10.7. The molecule has 3 N–H and O–H groups in total. The first kappa shape index (κ1) is 14.0. The number of carbonyl (C=O) groups is 1. The molecule has 96 valence electrons. The third-order valence-electron chi connectivity index (χ3n) is 3.07. The van der Waals surface area contributed by atoms with E-state index in [1.165, 1.54) is 0 Å². The molecule has 0 saturated heterocycles. The summed E-state index contributed by atoms with van der Waals surface area (Å²) in [6.07, 6.45) is 7.27. The quantitative estimate of drug-likeness (QED) is 0.826. The van der Waals surface area contributed by atoms with Crippen molar-refractivity contribution in [1.29, 1.82) is 0 Å². The fraction of sp³-hybridized carbons (Fsp3) is 0.636. The third-order valence-corrected chi connectivity index (χ3v) is 3.07. The van der Waals surface area contributed by atoms with Crippen LogP contribution in [-0.4, -0.2) is 27.8 Å². The number of aryl methyl sites for hydroxylation is 1. The van der Waals surface area contributed by atoms with Gasteiger partial charge in [-0.1, -0.05) is 0 Å². The van der Waals surface area contributed by atoms with Gasteiger partial charge in [0, 0.05) is 25.3 Å². The molecule has 0 aliphatic heterocycles. The molecular weight excluding hydrogens is 240 g/mol. The van der Waals surface area contributed by atoms with E-state index in [4.69, 9.17) is 5.73 Å². The summed E-state index contributed by atoms with van der Waals surface area (Å²) < 4.78 is 1.63. The Labute approximate surface area is 107 Å². The van der Waals surface area contributed by atoms with Crippen molar-refractivity contribution in [2.45, 2.75) is 37.8 Å². The smallest absolute Gasteiger partial charge is 0.254 e. The van der Waals surface area contributed by atoms with E-state index in [2.05, 4.69) is 10.4 Å². The fourth-order valence-electron chi connectivity index (χ4n) is 2.07. The first-order chi connectivity index (χ1) is 7.65. The number of hydrogen-bond acceptors (Lipinski definition) is 3. The Hall–Kier alpha value is -1.07. The highest BCUT2D eigenvalue weighted by Gasteiger charge is 2.20. The van der Waals surface area contributed by atoms with Crippen LogP contribution >= 0.6 is 12.4 Å². The molecule has 1 heterocycles. The molecule has 0 bridgehead atoms. The van der Waals surface area contributed by atoms with Gasteiger partial charge in [-0.3, -0.25) is 9.48 Å². The van der Waals surface area contributed by atoms with E-state index in [-0.39, 0.29) is 24.4 Å². The van der Waals surface area contributed by atoms with E-state index < -0.39 is 0 Å². The number of hydrogen-bond donors (Lipinski definition) is 2. The fourth-order valence-corrected chi connectivity index (χ4v) is 2.07. The highest BCUT2D eigenvalue weighted by atomic mass is 35.5. The summed E-state index contributed by atoms with van der Waals surface area (Å²) in [5.41, 5.74) is 6.44. The monoisotopic (exact) mass is 258 g/mol. The molecule has 2 rings (SSSR count). The van der Waals surface area contributed by atoms with Crippen LogP contribution in [0.25, 0.3) is 0 Å². The van der Waals surface area contributed by atoms with Gasteiger partial charge in [0.2, 0.25) is 0 Å². The average molecular weight is 259 g/mol. The van der Waals surface area contributed by atoms with Crippen LogP contribution in [0.5, 0.6) is 0 Å². The molecule has 1 aliphatic carbocycles. The number of nitrogens with two attached hydrogens (primary N) is 1. The molecule has 1 aromatic heterocycles. The van der Waals surface area contributed by atoms with E-state index in [0.29, 0.717) is 11.6 Å². The molecule has 1 aliphatic rings. The maximum atomic E-state index is 11.8. The zero-order chi connectivity index (χ0) is 11.5. The van der Waals surface area contributed by atoms with Crippen molar-refractivity contribution in [3.8, 4) is 0 Å². The maximum Gasteiger partial charge on any atom is 0.254 e. The third kappa shape index (κ3) is 3.71. The SMILES string of the molecule is Cl.Cn1cc(C(=O)NC2CCC(N)CC2)cn1. The van der Waals surface area contributed by atoms with Gasteiger partial charge in [-0.15, -0.1) is 12.4 Å². The second kappa shape index (κ2) is 6.02. The van der Waals surface area contributed by atoms with Gasteiger partial charge in [-0.25, -0.2) is 0 Å². The summed E-state index contributed by atoms with van der Waals surface area (Å²) in [6, 6.07) is 0.582. The lowest BCUT2D eigenvalue weighted by Gasteiger charge is -2.26. The molecule has 1 saturated carbocycles.